The van der Waals surface area contributed by atoms with Crippen LogP contribution in [0.25, 0.3) is 38.1 Å². The van der Waals surface area contributed by atoms with Gasteiger partial charge in [0, 0.05) is 53.6 Å². The number of hydrogen-bond acceptors (Lipinski definition) is 3. The zero-order valence-electron chi connectivity index (χ0n) is 19.9. The fraction of sp³-hybridized carbons (Fsp3) is 0.370. The first-order valence-electron chi connectivity index (χ1n) is 12.2. The molecule has 0 saturated heterocycles. The molecule has 184 valence electrons. The van der Waals surface area contributed by atoms with Gasteiger partial charge in [-0.1, -0.05) is 6.92 Å². The lowest BCUT2D eigenvalue weighted by Crippen LogP contribution is -2.47. The van der Waals surface area contributed by atoms with Gasteiger partial charge in [0.15, 0.2) is 11.6 Å². The number of benzene rings is 1. The molecule has 4 aromatic rings. The predicted molar refractivity (Wildman–Crippen MR) is 132 cm³/mol. The molecule has 2 N–H and O–H groups in total. The molecule has 2 unspecified atom stereocenters. The summed E-state index contributed by atoms with van der Waals surface area (Å²) in [5, 5.41) is 7.80. The third kappa shape index (κ3) is 3.47. The number of aromatic nitrogens is 4. The maximum absolute atomic E-state index is 16.2. The van der Waals surface area contributed by atoms with Crippen LogP contribution in [0.5, 0.6) is 0 Å². The van der Waals surface area contributed by atoms with Crippen LogP contribution in [0.2, 0.25) is 0 Å². The van der Waals surface area contributed by atoms with E-state index in [1.807, 2.05) is 0 Å². The maximum atomic E-state index is 16.2. The molecule has 3 aromatic heterocycles. The smallest absolute Gasteiger partial charge is 0.223 e. The third-order valence-electron chi connectivity index (χ3n) is 8.12. The van der Waals surface area contributed by atoms with Crippen LogP contribution in [0.1, 0.15) is 32.6 Å². The number of halogens is 3. The van der Waals surface area contributed by atoms with Gasteiger partial charge >= 0.3 is 0 Å². The largest absolute Gasteiger partial charge is 0.364 e. The number of anilines is 1. The molecule has 3 heterocycles. The number of fused-ring (bicyclic) bond motifs is 4. The first-order chi connectivity index (χ1) is 17.4. The zero-order valence-corrected chi connectivity index (χ0v) is 19.9. The summed E-state index contributed by atoms with van der Waals surface area (Å²) in [5.41, 5.74) is 1.07. The number of nitrogens with zero attached hydrogens (tertiary/aromatic N) is 4. The summed E-state index contributed by atoms with van der Waals surface area (Å²) >= 11 is 0. The Morgan fingerprint density at radius 1 is 1.14 bits per heavy atom. The molecule has 36 heavy (non-hydrogen) atoms. The van der Waals surface area contributed by atoms with Gasteiger partial charge < -0.3 is 10.3 Å². The van der Waals surface area contributed by atoms with Crippen LogP contribution in [0.15, 0.2) is 30.7 Å². The van der Waals surface area contributed by atoms with E-state index < -0.39 is 17.5 Å². The normalized spacial score (nSPS) is 23.2. The molecule has 0 aliphatic heterocycles. The summed E-state index contributed by atoms with van der Waals surface area (Å²) in [4.78, 5) is 11.1. The van der Waals surface area contributed by atoms with Gasteiger partial charge in [0.05, 0.1) is 24.0 Å². The third-order valence-corrected chi connectivity index (χ3v) is 8.12. The van der Waals surface area contributed by atoms with Crippen LogP contribution < -0.4 is 5.32 Å². The maximum Gasteiger partial charge on any atom is 0.223 e. The summed E-state index contributed by atoms with van der Waals surface area (Å²) in [6.45, 7) is 10.1. The van der Waals surface area contributed by atoms with Crippen LogP contribution in [0.4, 0.5) is 24.7 Å². The van der Waals surface area contributed by atoms with Gasteiger partial charge in [0.25, 0.3) is 0 Å². The number of rotatable bonds is 4. The van der Waals surface area contributed by atoms with Crippen molar-refractivity contribution in [3.63, 3.8) is 0 Å². The van der Waals surface area contributed by atoms with E-state index in [0.29, 0.717) is 28.9 Å². The first kappa shape index (κ1) is 22.7. The SMILES string of the molecule is [C-]#[N+]c1c(-c2c[nH]c3c(F)cc(F)cc23)nc(NC2C3CCC(CC3)C2C)c(F)c1-c1cnn(C)c1. The number of nitrogens with one attached hydrogen (secondary N) is 2. The van der Waals surface area contributed by atoms with Crippen molar-refractivity contribution in [2.75, 3.05) is 5.32 Å². The van der Waals surface area contributed by atoms with Crippen LogP contribution in [-0.2, 0) is 7.05 Å². The summed E-state index contributed by atoms with van der Waals surface area (Å²) < 4.78 is 46.3. The van der Waals surface area contributed by atoms with Crippen LogP contribution in [0, 0.1) is 41.8 Å². The van der Waals surface area contributed by atoms with Crippen molar-refractivity contribution < 1.29 is 13.2 Å². The molecule has 3 aliphatic rings. The van der Waals surface area contributed by atoms with Gasteiger partial charge in [-0.15, -0.1) is 0 Å². The molecule has 1 aromatic carbocycles. The Hall–Kier alpha value is -3.80. The number of hydrogen-bond donors (Lipinski definition) is 2. The summed E-state index contributed by atoms with van der Waals surface area (Å²) in [6, 6.07) is 2.05. The highest BCUT2D eigenvalue weighted by Gasteiger charge is 2.42. The summed E-state index contributed by atoms with van der Waals surface area (Å²) in [6.07, 6.45) is 9.20. The predicted octanol–water partition coefficient (Wildman–Crippen LogP) is 6.84. The van der Waals surface area contributed by atoms with E-state index in [1.54, 1.807) is 13.2 Å². The Kier molecular flexibility index (Phi) is 5.29. The number of aromatic amines is 1. The number of H-pyrrole nitrogens is 1. The van der Waals surface area contributed by atoms with Crippen molar-refractivity contribution in [1.82, 2.24) is 19.7 Å². The van der Waals surface area contributed by atoms with E-state index in [0.717, 1.165) is 18.9 Å². The Morgan fingerprint density at radius 2 is 1.89 bits per heavy atom. The number of aryl methyl sites for hydroxylation is 1. The molecule has 3 saturated carbocycles. The lowest BCUT2D eigenvalue weighted by atomic mass is 9.62. The van der Waals surface area contributed by atoms with Crippen molar-refractivity contribution >= 4 is 22.4 Å². The topological polar surface area (TPSA) is 62.9 Å². The Balaban J connectivity index is 1.58. The molecule has 2 atom stereocenters. The van der Waals surface area contributed by atoms with Gasteiger partial charge in [0.2, 0.25) is 5.69 Å². The summed E-state index contributed by atoms with van der Waals surface area (Å²) in [7, 11) is 1.71. The van der Waals surface area contributed by atoms with Crippen LogP contribution in [-0.4, -0.2) is 25.8 Å². The highest BCUT2D eigenvalue weighted by molar-refractivity contribution is 6.01. The molecule has 3 fully saturated rings. The molecule has 0 spiro atoms. The Bertz CT molecular complexity index is 1520. The van der Waals surface area contributed by atoms with Crippen molar-refractivity contribution in [1.29, 1.82) is 0 Å². The van der Waals surface area contributed by atoms with Crippen molar-refractivity contribution in [2.24, 2.45) is 24.8 Å². The fourth-order valence-electron chi connectivity index (χ4n) is 6.27. The molecule has 6 nitrogen and oxygen atoms in total. The minimum Gasteiger partial charge on any atom is -0.364 e. The van der Waals surface area contributed by atoms with E-state index in [9.17, 15) is 8.78 Å². The van der Waals surface area contributed by atoms with Crippen molar-refractivity contribution in [3.8, 4) is 22.4 Å². The molecular weight excluding hydrogens is 465 g/mol. The fourth-order valence-corrected chi connectivity index (χ4v) is 6.27. The van der Waals surface area contributed by atoms with E-state index in [1.165, 1.54) is 36.0 Å². The highest BCUT2D eigenvalue weighted by Crippen LogP contribution is 2.48. The second-order valence-corrected chi connectivity index (χ2v) is 10.1. The lowest BCUT2D eigenvalue weighted by molar-refractivity contribution is 0.0926. The van der Waals surface area contributed by atoms with Gasteiger partial charge in [-0.05, 0) is 49.5 Å². The van der Waals surface area contributed by atoms with Gasteiger partial charge in [0.1, 0.15) is 11.6 Å². The zero-order chi connectivity index (χ0) is 25.1. The Labute approximate surface area is 206 Å². The average molecular weight is 491 g/mol. The second-order valence-electron chi connectivity index (χ2n) is 10.1. The standard InChI is InChI=1S/C27H25F3N6/c1-13-14-4-6-15(7-5-14)23(13)34-27-22(30)21(16-10-33-36(3)12-16)26(31-2)25(35-27)19-11-32-24-18(19)8-17(28)9-20(24)29/h8-15,23,32H,4-7H2,1,3H3,(H,34,35). The van der Waals surface area contributed by atoms with E-state index in [2.05, 4.69) is 32.2 Å². The number of pyridine rings is 1. The second kappa shape index (κ2) is 8.40. The van der Waals surface area contributed by atoms with E-state index in [-0.39, 0.29) is 39.7 Å². The molecule has 0 amide bonds. The average Bonchev–Trinajstić information content (AvgIpc) is 3.48. The highest BCUT2D eigenvalue weighted by atomic mass is 19.1. The quantitative estimate of drug-likeness (QED) is 0.308. The molecule has 3 aliphatic carbocycles. The molecular formula is C27H25F3N6. The van der Waals surface area contributed by atoms with Gasteiger partial charge in [-0.25, -0.2) is 23.0 Å². The molecule has 0 radical (unpaired) electrons. The first-order valence-corrected chi connectivity index (χ1v) is 12.2. The summed E-state index contributed by atoms with van der Waals surface area (Å²) in [5.74, 6) is -0.690. The van der Waals surface area contributed by atoms with Crippen LogP contribution >= 0.6 is 0 Å². The molecule has 7 rings (SSSR count). The van der Waals surface area contributed by atoms with Crippen molar-refractivity contribution in [2.45, 2.75) is 38.6 Å². The van der Waals surface area contributed by atoms with Crippen LogP contribution in [0.3, 0.4) is 0 Å². The monoisotopic (exact) mass is 490 g/mol. The van der Waals surface area contributed by atoms with Gasteiger partial charge in [-0.2, -0.15) is 5.10 Å². The Morgan fingerprint density at radius 3 is 2.56 bits per heavy atom. The van der Waals surface area contributed by atoms with Gasteiger partial charge in [-0.3, -0.25) is 4.68 Å². The van der Waals surface area contributed by atoms with Crippen molar-refractivity contribution in [3.05, 3.63) is 59.6 Å². The molecule has 9 heteroatoms. The minimum atomic E-state index is -0.749. The lowest BCUT2D eigenvalue weighted by Gasteiger charge is -2.47. The van der Waals surface area contributed by atoms with E-state index >= 15 is 4.39 Å². The van der Waals surface area contributed by atoms with E-state index in [4.69, 9.17) is 6.57 Å². The molecule has 2 bridgehead atoms. The minimum absolute atomic E-state index is 0.0326.